The van der Waals surface area contributed by atoms with Gasteiger partial charge in [-0.25, -0.2) is 13.9 Å². The summed E-state index contributed by atoms with van der Waals surface area (Å²) in [4.78, 5) is 23.3. The summed E-state index contributed by atoms with van der Waals surface area (Å²) in [5.41, 5.74) is 1.65. The van der Waals surface area contributed by atoms with Crippen molar-refractivity contribution < 1.29 is 23.5 Å². The summed E-state index contributed by atoms with van der Waals surface area (Å²) < 4.78 is 24.4. The Kier molecular flexibility index (Phi) is 6.45. The molecule has 0 bridgehead atoms. The van der Waals surface area contributed by atoms with E-state index in [9.17, 15) is 14.0 Å². The van der Waals surface area contributed by atoms with Crippen LogP contribution in [0.25, 0.3) is 11.8 Å². The van der Waals surface area contributed by atoms with Crippen LogP contribution in [0.4, 0.5) is 4.39 Å². The van der Waals surface area contributed by atoms with Crippen LogP contribution < -0.4 is 0 Å². The van der Waals surface area contributed by atoms with Crippen molar-refractivity contribution in [2.45, 2.75) is 20.3 Å². The molecule has 1 aromatic heterocycles. The molecule has 0 unspecified atom stereocenters. The fourth-order valence-corrected chi connectivity index (χ4v) is 2.13. The van der Waals surface area contributed by atoms with Crippen LogP contribution in [0.5, 0.6) is 0 Å². The molecule has 0 aliphatic carbocycles. The van der Waals surface area contributed by atoms with E-state index in [0.717, 1.165) is 0 Å². The quantitative estimate of drug-likeness (QED) is 0.569. The SMILES string of the molecule is CCOC(=O)/C=C/c1nn(-c2ccc(F)cc2)cc1CC(=O)OCC. The number of hydrogen-bond acceptors (Lipinski definition) is 5. The number of benzene rings is 1. The van der Waals surface area contributed by atoms with Gasteiger partial charge in [0.05, 0.1) is 31.0 Å². The number of hydrogen-bond donors (Lipinski definition) is 0. The molecule has 0 amide bonds. The van der Waals surface area contributed by atoms with E-state index in [-0.39, 0.29) is 25.5 Å². The van der Waals surface area contributed by atoms with Crippen LogP contribution in [-0.4, -0.2) is 34.9 Å². The highest BCUT2D eigenvalue weighted by Crippen LogP contribution is 2.16. The number of esters is 2. The second kappa shape index (κ2) is 8.77. The molecule has 1 heterocycles. The highest BCUT2D eigenvalue weighted by atomic mass is 19.1. The standard InChI is InChI=1S/C18H19FN2O4/c1-3-24-17(22)10-9-16-13(11-18(23)25-4-2)12-21(20-16)15-7-5-14(19)6-8-15/h5-10,12H,3-4,11H2,1-2H3/b10-9+. The zero-order valence-electron chi connectivity index (χ0n) is 14.1. The van der Waals surface area contributed by atoms with Crippen LogP contribution in [0.2, 0.25) is 0 Å². The Morgan fingerprint density at radius 1 is 1.16 bits per heavy atom. The van der Waals surface area contributed by atoms with E-state index < -0.39 is 11.9 Å². The Morgan fingerprint density at radius 2 is 1.84 bits per heavy atom. The number of ether oxygens (including phenoxy) is 2. The molecule has 132 valence electrons. The number of carbonyl (C=O) groups excluding carboxylic acids is 2. The molecule has 0 spiro atoms. The average Bonchev–Trinajstić information content (AvgIpc) is 2.97. The van der Waals surface area contributed by atoms with Gasteiger partial charge >= 0.3 is 11.9 Å². The van der Waals surface area contributed by atoms with Crippen LogP contribution in [-0.2, 0) is 25.5 Å². The second-order valence-electron chi connectivity index (χ2n) is 5.03. The van der Waals surface area contributed by atoms with Crippen molar-refractivity contribution in [3.8, 4) is 5.69 Å². The van der Waals surface area contributed by atoms with E-state index in [1.54, 1.807) is 32.2 Å². The molecule has 0 atom stereocenters. The van der Waals surface area contributed by atoms with Gasteiger partial charge in [0, 0.05) is 17.8 Å². The van der Waals surface area contributed by atoms with Crippen molar-refractivity contribution >= 4 is 18.0 Å². The van der Waals surface area contributed by atoms with Crippen molar-refractivity contribution in [2.24, 2.45) is 0 Å². The summed E-state index contributed by atoms with van der Waals surface area (Å²) in [6.45, 7) is 3.98. The van der Waals surface area contributed by atoms with Gasteiger partial charge < -0.3 is 9.47 Å². The van der Waals surface area contributed by atoms with E-state index in [1.807, 2.05) is 0 Å². The van der Waals surface area contributed by atoms with Gasteiger partial charge in [-0.2, -0.15) is 5.10 Å². The minimum absolute atomic E-state index is 0.0114. The normalized spacial score (nSPS) is 10.8. The summed E-state index contributed by atoms with van der Waals surface area (Å²) in [5, 5.41) is 4.35. The van der Waals surface area contributed by atoms with Crippen LogP contribution in [0, 0.1) is 5.82 Å². The fraction of sp³-hybridized carbons (Fsp3) is 0.278. The Balaban J connectivity index is 2.31. The lowest BCUT2D eigenvalue weighted by molar-refractivity contribution is -0.142. The van der Waals surface area contributed by atoms with Crippen LogP contribution in [0.1, 0.15) is 25.1 Å². The molecule has 7 heteroatoms. The first-order chi connectivity index (χ1) is 12.0. The number of nitrogens with zero attached hydrogens (tertiary/aromatic N) is 2. The van der Waals surface area contributed by atoms with Gasteiger partial charge in [0.25, 0.3) is 0 Å². The van der Waals surface area contributed by atoms with Crippen LogP contribution >= 0.6 is 0 Å². The lowest BCUT2D eigenvalue weighted by Gasteiger charge is -2.00. The molecule has 0 fully saturated rings. The summed E-state index contributed by atoms with van der Waals surface area (Å²) in [7, 11) is 0. The summed E-state index contributed by atoms with van der Waals surface area (Å²) in [5.74, 6) is -1.25. The van der Waals surface area contributed by atoms with Crippen molar-refractivity contribution in [3.63, 3.8) is 0 Å². The van der Waals surface area contributed by atoms with Crippen molar-refractivity contribution in [2.75, 3.05) is 13.2 Å². The summed E-state index contributed by atoms with van der Waals surface area (Å²) in [6, 6.07) is 5.76. The third kappa shape index (κ3) is 5.27. The minimum atomic E-state index is -0.499. The molecule has 0 saturated carbocycles. The molecule has 0 N–H and O–H groups in total. The highest BCUT2D eigenvalue weighted by Gasteiger charge is 2.13. The average molecular weight is 346 g/mol. The monoisotopic (exact) mass is 346 g/mol. The van der Waals surface area contributed by atoms with Crippen molar-refractivity contribution in [1.29, 1.82) is 0 Å². The molecule has 0 aliphatic heterocycles. The lowest BCUT2D eigenvalue weighted by Crippen LogP contribution is -2.07. The number of aromatic nitrogens is 2. The topological polar surface area (TPSA) is 70.4 Å². The molecular weight excluding hydrogens is 327 g/mol. The smallest absolute Gasteiger partial charge is 0.330 e. The maximum Gasteiger partial charge on any atom is 0.330 e. The van der Waals surface area contributed by atoms with Crippen molar-refractivity contribution in [1.82, 2.24) is 9.78 Å². The molecule has 6 nitrogen and oxygen atoms in total. The van der Waals surface area contributed by atoms with Gasteiger partial charge in [-0.05, 0) is 44.2 Å². The third-order valence-corrected chi connectivity index (χ3v) is 3.22. The van der Waals surface area contributed by atoms with E-state index in [0.29, 0.717) is 16.9 Å². The van der Waals surface area contributed by atoms with Gasteiger partial charge in [0.15, 0.2) is 0 Å². The lowest BCUT2D eigenvalue weighted by atomic mass is 10.2. The van der Waals surface area contributed by atoms with E-state index in [4.69, 9.17) is 9.47 Å². The molecule has 2 aromatic rings. The van der Waals surface area contributed by atoms with Gasteiger partial charge in [-0.15, -0.1) is 0 Å². The number of rotatable bonds is 7. The van der Waals surface area contributed by atoms with Gasteiger partial charge in [0.1, 0.15) is 5.82 Å². The first-order valence-corrected chi connectivity index (χ1v) is 7.88. The number of carbonyl (C=O) groups is 2. The van der Waals surface area contributed by atoms with Gasteiger partial charge in [0.2, 0.25) is 0 Å². The number of halogens is 1. The highest BCUT2D eigenvalue weighted by molar-refractivity contribution is 5.87. The molecule has 25 heavy (non-hydrogen) atoms. The fourth-order valence-electron chi connectivity index (χ4n) is 2.13. The molecule has 0 saturated heterocycles. The molecule has 2 rings (SSSR count). The van der Waals surface area contributed by atoms with Crippen LogP contribution in [0.3, 0.4) is 0 Å². The minimum Gasteiger partial charge on any atom is -0.466 e. The predicted molar refractivity (Wildman–Crippen MR) is 89.5 cm³/mol. The van der Waals surface area contributed by atoms with Gasteiger partial charge in [-0.3, -0.25) is 4.79 Å². The largest absolute Gasteiger partial charge is 0.466 e. The second-order valence-corrected chi connectivity index (χ2v) is 5.03. The molecular formula is C18H19FN2O4. The Labute approximate surface area is 144 Å². The molecule has 1 aromatic carbocycles. The Bertz CT molecular complexity index is 766. The maximum atomic E-state index is 13.1. The van der Waals surface area contributed by atoms with E-state index in [2.05, 4.69) is 5.10 Å². The van der Waals surface area contributed by atoms with Crippen LogP contribution in [0.15, 0.2) is 36.5 Å². The van der Waals surface area contributed by atoms with Gasteiger partial charge in [-0.1, -0.05) is 0 Å². The summed E-state index contributed by atoms with van der Waals surface area (Å²) in [6.07, 6.45) is 4.38. The first kappa shape index (κ1) is 18.4. The predicted octanol–water partition coefficient (Wildman–Crippen LogP) is 2.69. The summed E-state index contributed by atoms with van der Waals surface area (Å²) >= 11 is 0. The molecule has 0 aliphatic rings. The van der Waals surface area contributed by atoms with Crippen molar-refractivity contribution in [3.05, 3.63) is 53.6 Å². The zero-order chi connectivity index (χ0) is 18.2. The van der Waals surface area contributed by atoms with E-state index in [1.165, 1.54) is 29.0 Å². The molecule has 0 radical (unpaired) electrons. The Hall–Kier alpha value is -2.96. The maximum absolute atomic E-state index is 13.1. The first-order valence-electron chi connectivity index (χ1n) is 7.88. The third-order valence-electron chi connectivity index (χ3n) is 3.22. The zero-order valence-corrected chi connectivity index (χ0v) is 14.1. The van der Waals surface area contributed by atoms with E-state index >= 15 is 0 Å². The Morgan fingerprint density at radius 3 is 2.48 bits per heavy atom.